The van der Waals surface area contributed by atoms with Gasteiger partial charge in [0.1, 0.15) is 0 Å². The van der Waals surface area contributed by atoms with Crippen molar-refractivity contribution in [2.24, 2.45) is 0 Å². The van der Waals surface area contributed by atoms with Gasteiger partial charge in [-0.1, -0.05) is 22.0 Å². The highest BCUT2D eigenvalue weighted by molar-refractivity contribution is 9.10. The van der Waals surface area contributed by atoms with Crippen molar-refractivity contribution in [2.45, 2.75) is 12.3 Å². The molecule has 1 N–H and O–H groups in total. The lowest BCUT2D eigenvalue weighted by atomic mass is 10.1. The molecule has 0 aliphatic carbocycles. The number of aromatic nitrogens is 1. The topological polar surface area (TPSA) is 36.1 Å². The molecule has 0 atom stereocenters. The highest BCUT2D eigenvalue weighted by atomic mass is 79.9. The Balaban J connectivity index is 1.94. The molecule has 1 saturated heterocycles. The van der Waals surface area contributed by atoms with Crippen molar-refractivity contribution in [1.82, 2.24) is 9.88 Å². The van der Waals surface area contributed by atoms with Crippen molar-refractivity contribution < 1.29 is 13.6 Å². The molecule has 6 heteroatoms. The highest BCUT2D eigenvalue weighted by Gasteiger charge is 2.40. The van der Waals surface area contributed by atoms with Gasteiger partial charge in [-0.15, -0.1) is 0 Å². The van der Waals surface area contributed by atoms with Crippen molar-refractivity contribution in [2.75, 3.05) is 13.1 Å². The summed E-state index contributed by atoms with van der Waals surface area (Å²) in [5, 5.41) is 0.753. The first kappa shape index (κ1) is 12.6. The molecule has 1 aliphatic heterocycles. The van der Waals surface area contributed by atoms with Crippen LogP contribution in [0, 0.1) is 0 Å². The summed E-state index contributed by atoms with van der Waals surface area (Å²) >= 11 is 3.35. The Morgan fingerprint density at radius 1 is 1.42 bits per heavy atom. The smallest absolute Gasteiger partial charge is 0.267 e. The molecule has 0 saturated carbocycles. The maximum Gasteiger partial charge on any atom is 0.267 e. The molecular formula is C13H11BrF2N2O. The molecule has 1 amide bonds. The van der Waals surface area contributed by atoms with Gasteiger partial charge in [0.2, 0.25) is 0 Å². The summed E-state index contributed by atoms with van der Waals surface area (Å²) in [5.41, 5.74) is 1.25. The molecular weight excluding hydrogens is 318 g/mol. The number of nitrogens with one attached hydrogen (secondary N) is 1. The summed E-state index contributed by atoms with van der Waals surface area (Å²) in [6, 6.07) is 5.48. The zero-order valence-electron chi connectivity index (χ0n) is 9.92. The zero-order valence-corrected chi connectivity index (χ0v) is 11.5. The second-order valence-electron chi connectivity index (χ2n) is 4.72. The molecule has 1 aromatic heterocycles. The Bertz CT molecular complexity index is 653. The number of rotatable bonds is 1. The van der Waals surface area contributed by atoms with E-state index < -0.39 is 12.5 Å². The van der Waals surface area contributed by atoms with Crippen LogP contribution in [0.3, 0.4) is 0 Å². The third-order valence-electron chi connectivity index (χ3n) is 3.33. The lowest BCUT2D eigenvalue weighted by Gasteiger charge is -2.15. The Kier molecular flexibility index (Phi) is 2.85. The Hall–Kier alpha value is -1.43. The van der Waals surface area contributed by atoms with Gasteiger partial charge in [0, 0.05) is 34.5 Å². The summed E-state index contributed by atoms with van der Waals surface area (Å²) < 4.78 is 27.2. The number of aromatic amines is 1. The van der Waals surface area contributed by atoms with Crippen LogP contribution in [-0.2, 0) is 0 Å². The number of H-pyrrole nitrogens is 1. The fourth-order valence-corrected chi connectivity index (χ4v) is 2.72. The van der Waals surface area contributed by atoms with E-state index in [0.717, 1.165) is 15.4 Å². The predicted molar refractivity (Wildman–Crippen MR) is 71.5 cm³/mol. The van der Waals surface area contributed by atoms with E-state index in [0.29, 0.717) is 5.56 Å². The van der Waals surface area contributed by atoms with Gasteiger partial charge in [-0.3, -0.25) is 4.79 Å². The average Bonchev–Trinajstić information content (AvgIpc) is 2.91. The molecule has 0 unspecified atom stereocenters. The van der Waals surface area contributed by atoms with Crippen LogP contribution in [0.15, 0.2) is 28.9 Å². The minimum absolute atomic E-state index is 0.106. The third kappa shape index (κ3) is 2.25. The minimum Gasteiger partial charge on any atom is -0.360 e. The van der Waals surface area contributed by atoms with Gasteiger partial charge in [0.05, 0.1) is 12.1 Å². The van der Waals surface area contributed by atoms with Crippen LogP contribution in [0.2, 0.25) is 0 Å². The number of halogens is 3. The normalized spacial score (nSPS) is 18.2. The van der Waals surface area contributed by atoms with Crippen LogP contribution in [-0.4, -0.2) is 34.8 Å². The van der Waals surface area contributed by atoms with Crippen molar-refractivity contribution >= 4 is 32.7 Å². The highest BCUT2D eigenvalue weighted by Crippen LogP contribution is 2.30. The first-order chi connectivity index (χ1) is 8.96. The summed E-state index contributed by atoms with van der Waals surface area (Å²) in [7, 11) is 0. The number of alkyl halides is 2. The molecule has 0 radical (unpaired) electrons. The van der Waals surface area contributed by atoms with E-state index in [4.69, 9.17) is 0 Å². The number of hydrogen-bond acceptors (Lipinski definition) is 1. The SMILES string of the molecule is O=C(c1c[nH]c2cc(Br)ccc12)N1CCC(F)(F)C1. The van der Waals surface area contributed by atoms with Gasteiger partial charge in [-0.25, -0.2) is 8.78 Å². The molecule has 1 fully saturated rings. The fourth-order valence-electron chi connectivity index (χ4n) is 2.35. The molecule has 1 aromatic carbocycles. The predicted octanol–water partition coefficient (Wildman–Crippen LogP) is 3.41. The van der Waals surface area contributed by atoms with E-state index in [1.165, 1.54) is 4.90 Å². The maximum atomic E-state index is 13.2. The van der Waals surface area contributed by atoms with Crippen LogP contribution in [0.25, 0.3) is 10.9 Å². The van der Waals surface area contributed by atoms with E-state index >= 15 is 0 Å². The van der Waals surface area contributed by atoms with Crippen molar-refractivity contribution in [3.05, 3.63) is 34.4 Å². The summed E-state index contributed by atoms with van der Waals surface area (Å²) in [6.07, 6.45) is 1.32. The third-order valence-corrected chi connectivity index (χ3v) is 3.82. The van der Waals surface area contributed by atoms with E-state index in [1.54, 1.807) is 12.3 Å². The van der Waals surface area contributed by atoms with Crippen molar-refractivity contribution in [3.63, 3.8) is 0 Å². The van der Waals surface area contributed by atoms with Crippen LogP contribution in [0.1, 0.15) is 16.8 Å². The Morgan fingerprint density at radius 2 is 2.21 bits per heavy atom. The Labute approximate surface area is 116 Å². The van der Waals surface area contributed by atoms with Gasteiger partial charge in [-0.05, 0) is 12.1 Å². The Morgan fingerprint density at radius 3 is 2.89 bits per heavy atom. The molecule has 0 bridgehead atoms. The van der Waals surface area contributed by atoms with Crippen molar-refractivity contribution in [1.29, 1.82) is 0 Å². The first-order valence-electron chi connectivity index (χ1n) is 5.90. The number of nitrogens with zero attached hydrogens (tertiary/aromatic N) is 1. The summed E-state index contributed by atoms with van der Waals surface area (Å²) in [6.45, 7) is -0.385. The molecule has 1 aliphatic rings. The standard InChI is InChI=1S/C13H11BrF2N2O/c14-8-1-2-9-10(6-17-11(9)5-8)12(19)18-4-3-13(15,16)7-18/h1-2,5-6,17H,3-4,7H2. The van der Waals surface area contributed by atoms with E-state index in [-0.39, 0.29) is 18.9 Å². The quantitative estimate of drug-likeness (QED) is 0.855. The van der Waals surface area contributed by atoms with Crippen molar-refractivity contribution in [3.8, 4) is 0 Å². The molecule has 2 heterocycles. The van der Waals surface area contributed by atoms with Gasteiger partial charge in [0.15, 0.2) is 0 Å². The van der Waals surface area contributed by atoms with Crippen LogP contribution < -0.4 is 0 Å². The van der Waals surface area contributed by atoms with Gasteiger partial charge in [0.25, 0.3) is 11.8 Å². The van der Waals surface area contributed by atoms with Gasteiger partial charge in [-0.2, -0.15) is 0 Å². The number of amides is 1. The van der Waals surface area contributed by atoms with Gasteiger partial charge < -0.3 is 9.88 Å². The zero-order chi connectivity index (χ0) is 13.6. The first-order valence-corrected chi connectivity index (χ1v) is 6.69. The summed E-state index contributed by atoms with van der Waals surface area (Å²) in [4.78, 5) is 16.5. The average molecular weight is 329 g/mol. The lowest BCUT2D eigenvalue weighted by molar-refractivity contribution is 0.0120. The van der Waals surface area contributed by atoms with E-state index in [2.05, 4.69) is 20.9 Å². The van der Waals surface area contributed by atoms with E-state index in [9.17, 15) is 13.6 Å². The molecule has 100 valence electrons. The van der Waals surface area contributed by atoms with Crippen LogP contribution >= 0.6 is 15.9 Å². The number of carbonyl (C=O) groups excluding carboxylic acids is 1. The number of carbonyl (C=O) groups is 1. The van der Waals surface area contributed by atoms with Crippen LogP contribution in [0.4, 0.5) is 8.78 Å². The lowest BCUT2D eigenvalue weighted by Crippen LogP contribution is -2.31. The fraction of sp³-hybridized carbons (Fsp3) is 0.308. The number of hydrogen-bond donors (Lipinski definition) is 1. The van der Waals surface area contributed by atoms with E-state index in [1.807, 2.05) is 12.1 Å². The number of likely N-dealkylation sites (tertiary alicyclic amines) is 1. The largest absolute Gasteiger partial charge is 0.360 e. The minimum atomic E-state index is -2.76. The second-order valence-corrected chi connectivity index (χ2v) is 5.64. The monoisotopic (exact) mass is 328 g/mol. The number of fused-ring (bicyclic) bond motifs is 1. The van der Waals surface area contributed by atoms with Gasteiger partial charge >= 0.3 is 0 Å². The maximum absolute atomic E-state index is 13.2. The second kappa shape index (κ2) is 4.30. The molecule has 2 aromatic rings. The van der Waals surface area contributed by atoms with Crippen LogP contribution in [0.5, 0.6) is 0 Å². The molecule has 19 heavy (non-hydrogen) atoms. The summed E-state index contributed by atoms with van der Waals surface area (Å²) in [5.74, 6) is -3.10. The molecule has 3 rings (SSSR count). The molecule has 3 nitrogen and oxygen atoms in total. The molecule has 0 spiro atoms. The number of benzene rings is 1.